The maximum absolute atomic E-state index is 13.5. The summed E-state index contributed by atoms with van der Waals surface area (Å²) >= 11 is 0. The number of nitrogens with one attached hydrogen (secondary N) is 2. The fraction of sp³-hybridized carbons (Fsp3) is 0.333. The number of terminal acetylenes is 1. The summed E-state index contributed by atoms with van der Waals surface area (Å²) in [5, 5.41) is 23.8. The molecule has 0 bridgehead atoms. The predicted molar refractivity (Wildman–Crippen MR) is 91.6 cm³/mol. The molecule has 8 heteroatoms. The molecule has 136 valence electrons. The standard InChI is InChI=1S/C18H17F3N4O/c1-2-11-5-6-13(15(26)8-11)17-14(18(19,20)21)9-16(24-25-17)23-12-4-3-7-22-10-12/h1,5-6,8-9,12,22,26H,3-4,7,10H2,(H,23,24)/t12-/m1/s1. The molecular formula is C18H17F3N4O. The zero-order chi connectivity index (χ0) is 18.7. The van der Waals surface area contributed by atoms with E-state index in [2.05, 4.69) is 26.8 Å². The first-order valence-corrected chi connectivity index (χ1v) is 8.10. The number of anilines is 1. The summed E-state index contributed by atoms with van der Waals surface area (Å²) in [6, 6.07) is 4.88. The molecule has 1 saturated heterocycles. The molecule has 1 aliphatic rings. The number of alkyl halides is 3. The Bertz CT molecular complexity index is 839. The molecule has 1 aromatic carbocycles. The molecule has 0 radical (unpaired) electrons. The van der Waals surface area contributed by atoms with E-state index >= 15 is 0 Å². The van der Waals surface area contributed by atoms with E-state index in [-0.39, 0.29) is 23.2 Å². The largest absolute Gasteiger partial charge is 0.507 e. The lowest BCUT2D eigenvalue weighted by atomic mass is 10.0. The molecule has 0 saturated carbocycles. The van der Waals surface area contributed by atoms with Gasteiger partial charge in [-0.05, 0) is 43.7 Å². The van der Waals surface area contributed by atoms with Gasteiger partial charge in [-0.1, -0.05) is 5.92 Å². The van der Waals surface area contributed by atoms with Crippen molar-refractivity contribution in [1.29, 1.82) is 0 Å². The quantitative estimate of drug-likeness (QED) is 0.733. The number of phenolic OH excluding ortho intramolecular Hbond substituents is 1. The summed E-state index contributed by atoms with van der Waals surface area (Å²) in [5.41, 5.74) is -1.13. The smallest absolute Gasteiger partial charge is 0.418 e. The molecule has 1 aliphatic heterocycles. The number of hydrogen-bond acceptors (Lipinski definition) is 5. The van der Waals surface area contributed by atoms with Crippen molar-refractivity contribution in [2.45, 2.75) is 25.1 Å². The molecule has 0 unspecified atom stereocenters. The number of benzene rings is 1. The first kappa shape index (κ1) is 18.0. The zero-order valence-corrected chi connectivity index (χ0v) is 13.8. The molecule has 5 nitrogen and oxygen atoms in total. The van der Waals surface area contributed by atoms with Crippen LogP contribution in [0.1, 0.15) is 24.0 Å². The number of piperidine rings is 1. The van der Waals surface area contributed by atoms with Crippen LogP contribution in [0.25, 0.3) is 11.3 Å². The van der Waals surface area contributed by atoms with Crippen LogP contribution >= 0.6 is 0 Å². The third-order valence-corrected chi connectivity index (χ3v) is 4.17. The van der Waals surface area contributed by atoms with Crippen LogP contribution in [0.2, 0.25) is 0 Å². The van der Waals surface area contributed by atoms with Crippen LogP contribution < -0.4 is 10.6 Å². The summed E-state index contributed by atoms with van der Waals surface area (Å²) in [7, 11) is 0. The number of nitrogens with zero attached hydrogens (tertiary/aromatic N) is 2. The van der Waals surface area contributed by atoms with Crippen LogP contribution in [0.3, 0.4) is 0 Å². The second kappa shape index (κ2) is 7.22. The average Bonchev–Trinajstić information content (AvgIpc) is 2.62. The van der Waals surface area contributed by atoms with Crippen LogP contribution in [-0.4, -0.2) is 34.4 Å². The highest BCUT2D eigenvalue weighted by Gasteiger charge is 2.36. The molecule has 0 amide bonds. The van der Waals surface area contributed by atoms with Crippen LogP contribution in [0.15, 0.2) is 24.3 Å². The van der Waals surface area contributed by atoms with E-state index < -0.39 is 17.4 Å². The molecule has 2 aromatic rings. The van der Waals surface area contributed by atoms with Gasteiger partial charge in [-0.15, -0.1) is 16.6 Å². The number of rotatable bonds is 3. The summed E-state index contributed by atoms with van der Waals surface area (Å²) in [5.74, 6) is 1.98. The maximum Gasteiger partial charge on any atom is 0.418 e. The van der Waals surface area contributed by atoms with Gasteiger partial charge in [0.25, 0.3) is 0 Å². The lowest BCUT2D eigenvalue weighted by molar-refractivity contribution is -0.137. The predicted octanol–water partition coefficient (Wildman–Crippen LogP) is 3.01. The third kappa shape index (κ3) is 3.89. The lowest BCUT2D eigenvalue weighted by Crippen LogP contribution is -2.38. The van der Waals surface area contributed by atoms with Crippen LogP contribution in [0.5, 0.6) is 5.75 Å². The highest BCUT2D eigenvalue weighted by atomic mass is 19.4. The van der Waals surface area contributed by atoms with E-state index in [0.717, 1.165) is 25.5 Å². The summed E-state index contributed by atoms with van der Waals surface area (Å²) in [6.45, 7) is 1.54. The maximum atomic E-state index is 13.5. The number of aromatic nitrogens is 2. The van der Waals surface area contributed by atoms with Crippen molar-refractivity contribution < 1.29 is 18.3 Å². The summed E-state index contributed by atoms with van der Waals surface area (Å²) in [6.07, 6.45) is 2.36. The minimum atomic E-state index is -4.65. The molecule has 0 spiro atoms. The van der Waals surface area contributed by atoms with Crippen molar-refractivity contribution in [2.24, 2.45) is 0 Å². The third-order valence-electron chi connectivity index (χ3n) is 4.17. The second-order valence-corrected chi connectivity index (χ2v) is 6.05. The Hall–Kier alpha value is -2.79. The Morgan fingerprint density at radius 3 is 2.69 bits per heavy atom. The molecule has 1 aromatic heterocycles. The fourth-order valence-electron chi connectivity index (χ4n) is 2.88. The average molecular weight is 362 g/mol. The van der Waals surface area contributed by atoms with E-state index in [1.54, 1.807) is 0 Å². The SMILES string of the molecule is C#Cc1ccc(-c2nnc(N[C@@H]3CCCNC3)cc2C(F)(F)F)c(O)c1. The van der Waals surface area contributed by atoms with Crippen LogP contribution in [0.4, 0.5) is 19.0 Å². The molecule has 1 fully saturated rings. The van der Waals surface area contributed by atoms with Gasteiger partial charge in [0.15, 0.2) is 0 Å². The molecule has 1 atom stereocenters. The van der Waals surface area contributed by atoms with E-state index in [9.17, 15) is 18.3 Å². The van der Waals surface area contributed by atoms with Gasteiger partial charge >= 0.3 is 6.18 Å². The Morgan fingerprint density at radius 2 is 2.08 bits per heavy atom. The van der Waals surface area contributed by atoms with Crippen molar-refractivity contribution in [3.8, 4) is 29.4 Å². The van der Waals surface area contributed by atoms with E-state index in [0.29, 0.717) is 12.1 Å². The van der Waals surface area contributed by atoms with Crippen molar-refractivity contribution in [3.05, 3.63) is 35.4 Å². The molecule has 0 aliphatic carbocycles. The van der Waals surface area contributed by atoms with Gasteiger partial charge in [-0.25, -0.2) is 0 Å². The van der Waals surface area contributed by atoms with Crippen LogP contribution in [-0.2, 0) is 6.18 Å². The molecule has 3 rings (SSSR count). The zero-order valence-electron chi connectivity index (χ0n) is 13.8. The highest BCUT2D eigenvalue weighted by Crippen LogP contribution is 2.39. The molecule has 2 heterocycles. The number of phenols is 1. The van der Waals surface area contributed by atoms with Crippen molar-refractivity contribution in [3.63, 3.8) is 0 Å². The van der Waals surface area contributed by atoms with Crippen molar-refractivity contribution >= 4 is 5.82 Å². The van der Waals surface area contributed by atoms with E-state index in [4.69, 9.17) is 6.42 Å². The van der Waals surface area contributed by atoms with Gasteiger partial charge in [0.1, 0.15) is 17.3 Å². The molecular weight excluding hydrogens is 345 g/mol. The number of aromatic hydroxyl groups is 1. The van der Waals surface area contributed by atoms with Crippen LogP contribution in [0, 0.1) is 12.3 Å². The monoisotopic (exact) mass is 362 g/mol. The van der Waals surface area contributed by atoms with E-state index in [1.807, 2.05) is 0 Å². The van der Waals surface area contributed by atoms with Gasteiger partial charge < -0.3 is 15.7 Å². The van der Waals surface area contributed by atoms with Gasteiger partial charge in [0, 0.05) is 23.7 Å². The van der Waals surface area contributed by atoms with Gasteiger partial charge in [-0.3, -0.25) is 0 Å². The fourth-order valence-corrected chi connectivity index (χ4v) is 2.88. The Labute approximate surface area is 148 Å². The molecule has 3 N–H and O–H groups in total. The first-order valence-electron chi connectivity index (χ1n) is 8.10. The first-order chi connectivity index (χ1) is 12.4. The van der Waals surface area contributed by atoms with Gasteiger partial charge in [0.2, 0.25) is 0 Å². The summed E-state index contributed by atoms with van der Waals surface area (Å²) < 4.78 is 40.6. The Balaban J connectivity index is 1.99. The van der Waals surface area contributed by atoms with Crippen molar-refractivity contribution in [2.75, 3.05) is 18.4 Å². The second-order valence-electron chi connectivity index (χ2n) is 6.05. The summed E-state index contributed by atoms with van der Waals surface area (Å²) in [4.78, 5) is 0. The normalized spacial score (nSPS) is 17.5. The Morgan fingerprint density at radius 1 is 1.27 bits per heavy atom. The topological polar surface area (TPSA) is 70.1 Å². The molecule has 26 heavy (non-hydrogen) atoms. The lowest BCUT2D eigenvalue weighted by Gasteiger charge is -2.24. The minimum Gasteiger partial charge on any atom is -0.507 e. The number of hydrogen-bond donors (Lipinski definition) is 3. The minimum absolute atomic E-state index is 0.00621. The van der Waals surface area contributed by atoms with E-state index in [1.165, 1.54) is 18.2 Å². The van der Waals surface area contributed by atoms with Gasteiger partial charge in [0.05, 0.1) is 5.56 Å². The van der Waals surface area contributed by atoms with Crippen molar-refractivity contribution in [1.82, 2.24) is 15.5 Å². The highest BCUT2D eigenvalue weighted by molar-refractivity contribution is 5.72. The van der Waals surface area contributed by atoms with Gasteiger partial charge in [-0.2, -0.15) is 13.2 Å². The number of halogens is 3. The Kier molecular flexibility index (Phi) is 5.00.